The van der Waals surface area contributed by atoms with Crippen molar-refractivity contribution in [3.8, 4) is 0 Å². The Kier molecular flexibility index (Phi) is 4.07. The zero-order valence-electron chi connectivity index (χ0n) is 11.7. The summed E-state index contributed by atoms with van der Waals surface area (Å²) in [5.41, 5.74) is 3.64. The maximum Gasteiger partial charge on any atom is 0.0667 e. The highest BCUT2D eigenvalue weighted by atomic mass is 32.1. The van der Waals surface area contributed by atoms with Gasteiger partial charge in [0.05, 0.1) is 4.75 Å². The smallest absolute Gasteiger partial charge is 0.0667 e. The van der Waals surface area contributed by atoms with Gasteiger partial charge in [-0.05, 0) is 35.2 Å². The molecule has 2 heteroatoms. The summed E-state index contributed by atoms with van der Waals surface area (Å²) in [6.07, 6.45) is 4.49. The van der Waals surface area contributed by atoms with Crippen LogP contribution in [0.4, 0.5) is 0 Å². The molecule has 0 atom stereocenters. The number of nitrogens with zero attached hydrogens (tertiary/aromatic N) is 1. The Hall–Kier alpha value is -2.06. The molecular formula is C19H17NS. The highest BCUT2D eigenvalue weighted by Gasteiger charge is 2.30. The lowest BCUT2D eigenvalue weighted by Crippen LogP contribution is -2.23. The van der Waals surface area contributed by atoms with Crippen LogP contribution in [0.15, 0.2) is 85.2 Å². The molecule has 0 aliphatic rings. The summed E-state index contributed by atoms with van der Waals surface area (Å²) in [5, 5.41) is 0. The maximum absolute atomic E-state index is 5.09. The van der Waals surface area contributed by atoms with E-state index >= 15 is 0 Å². The molecule has 1 aromatic heterocycles. The molecule has 0 N–H and O–H groups in total. The van der Waals surface area contributed by atoms with Crippen molar-refractivity contribution in [2.24, 2.45) is 0 Å². The minimum atomic E-state index is -0.343. The van der Waals surface area contributed by atoms with Crippen molar-refractivity contribution in [2.75, 3.05) is 0 Å². The molecule has 21 heavy (non-hydrogen) atoms. The second-order valence-electron chi connectivity index (χ2n) is 5.12. The highest BCUT2D eigenvalue weighted by molar-refractivity contribution is 7.81. The summed E-state index contributed by atoms with van der Waals surface area (Å²) in [5.74, 6) is 0. The van der Waals surface area contributed by atoms with Crippen LogP contribution in [0.3, 0.4) is 0 Å². The van der Waals surface area contributed by atoms with E-state index in [0.29, 0.717) is 0 Å². The van der Waals surface area contributed by atoms with Crippen LogP contribution in [0.5, 0.6) is 0 Å². The number of hydrogen-bond acceptors (Lipinski definition) is 2. The SMILES string of the molecule is SC(Cc1ccncc1)(c1ccccc1)c1ccccc1. The fraction of sp³-hybridized carbons (Fsp3) is 0.105. The van der Waals surface area contributed by atoms with Crippen LogP contribution in [0.1, 0.15) is 16.7 Å². The number of thiol groups is 1. The summed E-state index contributed by atoms with van der Waals surface area (Å²) >= 11 is 5.09. The van der Waals surface area contributed by atoms with E-state index in [1.165, 1.54) is 16.7 Å². The van der Waals surface area contributed by atoms with Gasteiger partial charge < -0.3 is 0 Å². The molecule has 0 unspecified atom stereocenters. The van der Waals surface area contributed by atoms with Crippen LogP contribution in [-0.2, 0) is 11.2 Å². The van der Waals surface area contributed by atoms with Crippen molar-refractivity contribution < 1.29 is 0 Å². The molecule has 0 aliphatic heterocycles. The molecule has 0 saturated carbocycles. The fourth-order valence-corrected chi connectivity index (χ4v) is 3.08. The summed E-state index contributed by atoms with van der Waals surface area (Å²) < 4.78 is -0.343. The molecule has 0 spiro atoms. The van der Waals surface area contributed by atoms with E-state index in [-0.39, 0.29) is 4.75 Å². The first kappa shape index (κ1) is 13.9. The van der Waals surface area contributed by atoms with Crippen molar-refractivity contribution >= 4 is 12.6 Å². The Labute approximate surface area is 131 Å². The van der Waals surface area contributed by atoms with Gasteiger partial charge in [0.25, 0.3) is 0 Å². The highest BCUT2D eigenvalue weighted by Crippen LogP contribution is 2.39. The molecule has 3 rings (SSSR count). The van der Waals surface area contributed by atoms with Crippen molar-refractivity contribution in [1.29, 1.82) is 0 Å². The number of hydrogen-bond donors (Lipinski definition) is 1. The summed E-state index contributed by atoms with van der Waals surface area (Å²) in [4.78, 5) is 4.10. The van der Waals surface area contributed by atoms with Crippen LogP contribution in [0.2, 0.25) is 0 Å². The van der Waals surface area contributed by atoms with Gasteiger partial charge in [-0.2, -0.15) is 12.6 Å². The Morgan fingerprint density at radius 2 is 1.19 bits per heavy atom. The topological polar surface area (TPSA) is 12.9 Å². The Morgan fingerprint density at radius 3 is 1.67 bits per heavy atom. The third-order valence-corrected chi connectivity index (χ3v) is 4.39. The molecular weight excluding hydrogens is 274 g/mol. The molecule has 0 fully saturated rings. The Bertz CT molecular complexity index is 641. The Morgan fingerprint density at radius 1 is 0.714 bits per heavy atom. The van der Waals surface area contributed by atoms with Crippen molar-refractivity contribution in [3.63, 3.8) is 0 Å². The summed E-state index contributed by atoms with van der Waals surface area (Å²) in [6.45, 7) is 0. The van der Waals surface area contributed by atoms with E-state index < -0.39 is 0 Å². The van der Waals surface area contributed by atoms with Gasteiger partial charge in [0.2, 0.25) is 0 Å². The van der Waals surface area contributed by atoms with Crippen molar-refractivity contribution in [2.45, 2.75) is 11.2 Å². The van der Waals surface area contributed by atoms with E-state index in [1.807, 2.05) is 24.5 Å². The van der Waals surface area contributed by atoms with E-state index in [4.69, 9.17) is 12.6 Å². The fourth-order valence-electron chi connectivity index (χ4n) is 2.59. The molecule has 3 aromatic rings. The number of pyridine rings is 1. The van der Waals surface area contributed by atoms with Gasteiger partial charge in [0, 0.05) is 12.4 Å². The average Bonchev–Trinajstić information content (AvgIpc) is 2.57. The number of benzene rings is 2. The zero-order chi connectivity index (χ0) is 14.5. The predicted molar refractivity (Wildman–Crippen MR) is 90.6 cm³/mol. The summed E-state index contributed by atoms with van der Waals surface area (Å²) in [7, 11) is 0. The third-order valence-electron chi connectivity index (χ3n) is 3.71. The van der Waals surface area contributed by atoms with Gasteiger partial charge >= 0.3 is 0 Å². The molecule has 0 saturated heterocycles. The van der Waals surface area contributed by atoms with Gasteiger partial charge in [-0.1, -0.05) is 60.7 Å². The van der Waals surface area contributed by atoms with Gasteiger partial charge in [-0.15, -0.1) is 0 Å². The van der Waals surface area contributed by atoms with Crippen LogP contribution in [0.25, 0.3) is 0 Å². The third kappa shape index (κ3) is 3.01. The molecule has 0 radical (unpaired) electrons. The van der Waals surface area contributed by atoms with Gasteiger partial charge in [-0.25, -0.2) is 0 Å². The van der Waals surface area contributed by atoms with E-state index in [0.717, 1.165) is 6.42 Å². The lowest BCUT2D eigenvalue weighted by atomic mass is 9.85. The van der Waals surface area contributed by atoms with Crippen LogP contribution >= 0.6 is 12.6 Å². The predicted octanol–water partition coefficient (Wildman–Crippen LogP) is 4.50. The maximum atomic E-state index is 5.09. The first-order valence-corrected chi connectivity index (χ1v) is 7.46. The largest absolute Gasteiger partial charge is 0.265 e. The molecule has 1 heterocycles. The monoisotopic (exact) mass is 291 g/mol. The standard InChI is InChI=1S/C19H17NS/c21-19(17-7-3-1-4-8-17,18-9-5-2-6-10-18)15-16-11-13-20-14-12-16/h1-14,21H,15H2. The molecule has 0 aliphatic carbocycles. The molecule has 104 valence electrons. The second kappa shape index (κ2) is 6.15. The number of rotatable bonds is 4. The quantitative estimate of drug-likeness (QED) is 0.698. The minimum Gasteiger partial charge on any atom is -0.265 e. The van der Waals surface area contributed by atoms with E-state index in [1.54, 1.807) is 0 Å². The van der Waals surface area contributed by atoms with Crippen molar-refractivity contribution in [1.82, 2.24) is 4.98 Å². The summed E-state index contributed by atoms with van der Waals surface area (Å²) in [6, 6.07) is 25.0. The minimum absolute atomic E-state index is 0.343. The van der Waals surface area contributed by atoms with Gasteiger partial charge in [0.15, 0.2) is 0 Å². The Balaban J connectivity index is 2.07. The van der Waals surface area contributed by atoms with E-state index in [9.17, 15) is 0 Å². The normalized spacial score (nSPS) is 11.3. The van der Waals surface area contributed by atoms with Crippen LogP contribution in [-0.4, -0.2) is 4.98 Å². The second-order valence-corrected chi connectivity index (χ2v) is 5.89. The van der Waals surface area contributed by atoms with Crippen molar-refractivity contribution in [3.05, 3.63) is 102 Å². The average molecular weight is 291 g/mol. The first-order chi connectivity index (χ1) is 10.3. The van der Waals surface area contributed by atoms with Crippen LogP contribution < -0.4 is 0 Å². The molecule has 2 aromatic carbocycles. The molecule has 1 nitrogen and oxygen atoms in total. The first-order valence-electron chi connectivity index (χ1n) is 7.01. The lowest BCUT2D eigenvalue weighted by molar-refractivity contribution is 0.741. The lowest BCUT2D eigenvalue weighted by Gasteiger charge is -2.30. The van der Waals surface area contributed by atoms with E-state index in [2.05, 4.69) is 65.6 Å². The zero-order valence-corrected chi connectivity index (χ0v) is 12.6. The number of aromatic nitrogens is 1. The van der Waals surface area contributed by atoms with Crippen LogP contribution in [0, 0.1) is 0 Å². The molecule has 0 bridgehead atoms. The van der Waals surface area contributed by atoms with Gasteiger partial charge in [-0.3, -0.25) is 4.98 Å². The van der Waals surface area contributed by atoms with Gasteiger partial charge in [0.1, 0.15) is 0 Å². The molecule has 0 amide bonds.